The minimum absolute atomic E-state index is 0. The number of carboxylic acid groups (broad SMARTS) is 2. The number of aliphatic carboxylic acids is 2. The first-order chi connectivity index (χ1) is 7.69. The van der Waals surface area contributed by atoms with Crippen LogP contribution < -0.4 is 12.4 Å². The van der Waals surface area contributed by atoms with Crippen LogP contribution in [0.3, 0.4) is 0 Å². The second-order valence-corrected chi connectivity index (χ2v) is 4.73. The van der Waals surface area contributed by atoms with Gasteiger partial charge in [0.25, 0.3) is 0 Å². The second kappa shape index (κ2) is 12.6. The first-order valence-corrected chi connectivity index (χ1v) is 5.54. The standard InChI is InChI=1S/C6H10O4.C5H14NO.ClH/c7-5(8)3-1-2-4-6(9)10;1-6(2,3)4-5-7;/h1-4H2,(H,7,8)(H,9,10);7H,4-5H2,1-3H3;1H/q;+1;/p-1. The van der Waals surface area contributed by atoms with E-state index in [0.717, 1.165) is 11.0 Å². The van der Waals surface area contributed by atoms with E-state index in [1.54, 1.807) is 0 Å². The lowest BCUT2D eigenvalue weighted by Gasteiger charge is -2.21. The molecule has 18 heavy (non-hydrogen) atoms. The molecule has 0 heterocycles. The van der Waals surface area contributed by atoms with Crippen LogP contribution in [0.4, 0.5) is 0 Å². The van der Waals surface area contributed by atoms with Gasteiger partial charge in [0.05, 0.1) is 27.7 Å². The molecule has 0 atom stereocenters. The van der Waals surface area contributed by atoms with Crippen LogP contribution in [0.5, 0.6) is 0 Å². The van der Waals surface area contributed by atoms with Crippen molar-refractivity contribution in [3.8, 4) is 0 Å². The molecule has 0 aromatic heterocycles. The lowest BCUT2D eigenvalue weighted by molar-refractivity contribution is -0.870. The highest BCUT2D eigenvalue weighted by Gasteiger charge is 2.02. The average molecular weight is 286 g/mol. The molecule has 0 rings (SSSR count). The van der Waals surface area contributed by atoms with Crippen LogP contribution in [0, 0.1) is 0 Å². The Morgan fingerprint density at radius 1 is 0.944 bits per heavy atom. The predicted molar refractivity (Wildman–Crippen MR) is 63.7 cm³/mol. The molecular weight excluding hydrogens is 262 g/mol. The number of aliphatic hydroxyl groups excluding tert-OH is 1. The van der Waals surface area contributed by atoms with Gasteiger partial charge in [-0.1, -0.05) is 0 Å². The zero-order valence-electron chi connectivity index (χ0n) is 11.2. The lowest BCUT2D eigenvalue weighted by atomic mass is 10.2. The van der Waals surface area contributed by atoms with Gasteiger partial charge in [0.2, 0.25) is 0 Å². The number of halogens is 1. The van der Waals surface area contributed by atoms with Crippen LogP contribution in [0.25, 0.3) is 0 Å². The molecule has 0 amide bonds. The SMILES string of the molecule is C[N+](C)(C)CCO.O=C(O)CCCCC(=O)O.[Cl-]. The van der Waals surface area contributed by atoms with Crippen LogP contribution in [0.15, 0.2) is 0 Å². The van der Waals surface area contributed by atoms with Crippen LogP contribution in [0.1, 0.15) is 25.7 Å². The van der Waals surface area contributed by atoms with Crippen molar-refractivity contribution in [2.24, 2.45) is 0 Å². The van der Waals surface area contributed by atoms with Crippen molar-refractivity contribution in [2.75, 3.05) is 34.3 Å². The molecule has 0 aromatic carbocycles. The molecule has 0 fully saturated rings. The Kier molecular flexibility index (Phi) is 15.6. The first-order valence-electron chi connectivity index (χ1n) is 5.54. The Hall–Kier alpha value is -0.850. The van der Waals surface area contributed by atoms with E-state index in [0.29, 0.717) is 12.8 Å². The molecule has 0 bridgehead atoms. The monoisotopic (exact) mass is 285 g/mol. The van der Waals surface area contributed by atoms with Crippen LogP contribution in [-0.2, 0) is 9.59 Å². The third-order valence-corrected chi connectivity index (χ3v) is 1.80. The summed E-state index contributed by atoms with van der Waals surface area (Å²) < 4.78 is 0.844. The summed E-state index contributed by atoms with van der Waals surface area (Å²) in [5.41, 5.74) is 0. The fraction of sp³-hybridized carbons (Fsp3) is 0.818. The molecule has 0 aliphatic carbocycles. The highest BCUT2D eigenvalue weighted by Crippen LogP contribution is 1.98. The van der Waals surface area contributed by atoms with Gasteiger partial charge in [-0.15, -0.1) is 0 Å². The van der Waals surface area contributed by atoms with Crippen molar-refractivity contribution in [2.45, 2.75) is 25.7 Å². The third kappa shape index (κ3) is 29.4. The molecule has 0 aliphatic rings. The van der Waals surface area contributed by atoms with Crippen molar-refractivity contribution < 1.29 is 41.8 Å². The summed E-state index contributed by atoms with van der Waals surface area (Å²) in [7, 11) is 6.16. The van der Waals surface area contributed by atoms with Gasteiger partial charge >= 0.3 is 11.9 Å². The van der Waals surface area contributed by atoms with Crippen LogP contribution in [-0.4, -0.2) is 66.0 Å². The van der Waals surface area contributed by atoms with Crippen molar-refractivity contribution in [1.29, 1.82) is 0 Å². The van der Waals surface area contributed by atoms with Gasteiger partial charge < -0.3 is 32.2 Å². The number of quaternary nitrogens is 1. The van der Waals surface area contributed by atoms with E-state index in [1.807, 2.05) is 0 Å². The van der Waals surface area contributed by atoms with Gasteiger partial charge in [-0.2, -0.15) is 0 Å². The van der Waals surface area contributed by atoms with E-state index in [4.69, 9.17) is 15.3 Å². The summed E-state index contributed by atoms with van der Waals surface area (Å²) in [4.78, 5) is 19.8. The molecule has 0 unspecified atom stereocenters. The summed E-state index contributed by atoms with van der Waals surface area (Å²) in [5, 5.41) is 24.6. The Morgan fingerprint density at radius 2 is 1.28 bits per heavy atom. The lowest BCUT2D eigenvalue weighted by Crippen LogP contribution is -3.00. The summed E-state index contributed by atoms with van der Waals surface area (Å²) in [6.07, 6.45) is 1.02. The zero-order valence-corrected chi connectivity index (χ0v) is 12.0. The molecule has 7 heteroatoms. The summed E-state index contributed by atoms with van der Waals surface area (Å²) in [5.74, 6) is -1.74. The van der Waals surface area contributed by atoms with E-state index in [9.17, 15) is 9.59 Å². The second-order valence-electron chi connectivity index (χ2n) is 4.73. The molecule has 110 valence electrons. The van der Waals surface area contributed by atoms with E-state index in [-0.39, 0.29) is 31.9 Å². The molecule has 0 saturated heterocycles. The maximum absolute atomic E-state index is 9.90. The number of nitrogens with zero attached hydrogens (tertiary/aromatic N) is 1. The van der Waals surface area contributed by atoms with E-state index < -0.39 is 11.9 Å². The average Bonchev–Trinajstić information content (AvgIpc) is 2.11. The van der Waals surface area contributed by atoms with Crippen molar-refractivity contribution in [3.63, 3.8) is 0 Å². The fourth-order valence-corrected chi connectivity index (χ4v) is 0.852. The van der Waals surface area contributed by atoms with E-state index in [1.165, 1.54) is 0 Å². The van der Waals surface area contributed by atoms with Gasteiger partial charge in [-0.05, 0) is 12.8 Å². The molecule has 3 N–H and O–H groups in total. The number of carboxylic acids is 2. The van der Waals surface area contributed by atoms with Gasteiger partial charge in [0.15, 0.2) is 0 Å². The largest absolute Gasteiger partial charge is 1.00 e. The Morgan fingerprint density at radius 3 is 1.39 bits per heavy atom. The summed E-state index contributed by atoms with van der Waals surface area (Å²) in [6.45, 7) is 1.11. The fourth-order valence-electron chi connectivity index (χ4n) is 0.852. The number of carbonyl (C=O) groups is 2. The number of likely N-dealkylation sites (N-methyl/N-ethyl adjacent to an activating group) is 1. The molecule has 0 saturated carbocycles. The van der Waals surface area contributed by atoms with E-state index in [2.05, 4.69) is 21.1 Å². The molecule has 6 nitrogen and oxygen atoms in total. The molecular formula is C11H24ClNO5. The third-order valence-electron chi connectivity index (χ3n) is 1.80. The van der Waals surface area contributed by atoms with Crippen molar-refractivity contribution >= 4 is 11.9 Å². The van der Waals surface area contributed by atoms with Gasteiger partial charge in [0, 0.05) is 12.8 Å². The maximum atomic E-state index is 9.90. The minimum Gasteiger partial charge on any atom is -1.00 e. The number of hydrogen-bond donors (Lipinski definition) is 3. The number of aliphatic hydroxyl groups is 1. The van der Waals surface area contributed by atoms with Gasteiger partial charge in [0.1, 0.15) is 6.54 Å². The summed E-state index contributed by atoms with van der Waals surface area (Å²) >= 11 is 0. The predicted octanol–water partition coefficient (Wildman–Crippen LogP) is -2.60. The van der Waals surface area contributed by atoms with Crippen LogP contribution >= 0.6 is 0 Å². The quantitative estimate of drug-likeness (QED) is 0.352. The summed E-state index contributed by atoms with van der Waals surface area (Å²) in [6, 6.07) is 0. The molecule has 0 spiro atoms. The van der Waals surface area contributed by atoms with Crippen LogP contribution in [0.2, 0.25) is 0 Å². The van der Waals surface area contributed by atoms with Crippen molar-refractivity contribution in [1.82, 2.24) is 0 Å². The van der Waals surface area contributed by atoms with Gasteiger partial charge in [-0.3, -0.25) is 9.59 Å². The Balaban J connectivity index is -0.000000251. The highest BCUT2D eigenvalue weighted by molar-refractivity contribution is 5.67. The molecule has 0 radical (unpaired) electrons. The molecule has 0 aromatic rings. The zero-order chi connectivity index (χ0) is 13.9. The first kappa shape index (κ1) is 22.3. The minimum atomic E-state index is -0.870. The maximum Gasteiger partial charge on any atom is 0.303 e. The highest BCUT2D eigenvalue weighted by atomic mass is 35.5. The smallest absolute Gasteiger partial charge is 0.303 e. The van der Waals surface area contributed by atoms with Gasteiger partial charge in [-0.25, -0.2) is 0 Å². The number of hydrogen-bond acceptors (Lipinski definition) is 3. The Labute approximate surface area is 114 Å². The van der Waals surface area contributed by atoms with E-state index >= 15 is 0 Å². The van der Waals surface area contributed by atoms with Crippen molar-refractivity contribution in [3.05, 3.63) is 0 Å². The Bertz CT molecular complexity index is 212. The molecule has 0 aliphatic heterocycles. The number of rotatable bonds is 7. The topological polar surface area (TPSA) is 94.8 Å². The number of unbranched alkanes of at least 4 members (excludes halogenated alkanes) is 1. The normalized spacial score (nSPS) is 9.78.